The molecule has 1 fully saturated rings. The van der Waals surface area contributed by atoms with Crippen molar-refractivity contribution in [3.8, 4) is 0 Å². The topological polar surface area (TPSA) is 45.2 Å². The van der Waals surface area contributed by atoms with Gasteiger partial charge in [0.2, 0.25) is 0 Å². The monoisotopic (exact) mass is 357 g/mol. The second-order valence-corrected chi connectivity index (χ2v) is 6.88. The van der Waals surface area contributed by atoms with E-state index >= 15 is 0 Å². The highest BCUT2D eigenvalue weighted by Crippen LogP contribution is 2.17. The van der Waals surface area contributed by atoms with Crippen molar-refractivity contribution in [3.05, 3.63) is 58.7 Å². The van der Waals surface area contributed by atoms with Crippen LogP contribution in [0.15, 0.2) is 42.6 Å². The summed E-state index contributed by atoms with van der Waals surface area (Å²) in [5.74, 6) is 0.884. The zero-order chi connectivity index (χ0) is 17.5. The SMILES string of the molecule is O=C(NCCc1cccc(Cl)c1)c1ccc(N2CCCCCC2)nc1. The number of hydrogen-bond donors (Lipinski definition) is 1. The number of rotatable bonds is 5. The van der Waals surface area contributed by atoms with Crippen molar-refractivity contribution in [2.45, 2.75) is 32.1 Å². The van der Waals surface area contributed by atoms with Gasteiger partial charge in [-0.15, -0.1) is 0 Å². The lowest BCUT2D eigenvalue weighted by Crippen LogP contribution is -2.27. The molecule has 0 bridgehead atoms. The van der Waals surface area contributed by atoms with Crippen LogP contribution in [0.1, 0.15) is 41.6 Å². The van der Waals surface area contributed by atoms with Gasteiger partial charge in [0.1, 0.15) is 5.82 Å². The van der Waals surface area contributed by atoms with E-state index < -0.39 is 0 Å². The van der Waals surface area contributed by atoms with Crippen LogP contribution in [-0.4, -0.2) is 30.5 Å². The number of carbonyl (C=O) groups excluding carboxylic acids is 1. The molecule has 1 N–H and O–H groups in total. The molecule has 4 nitrogen and oxygen atoms in total. The highest BCUT2D eigenvalue weighted by Gasteiger charge is 2.12. The average Bonchev–Trinajstić information content (AvgIpc) is 2.91. The van der Waals surface area contributed by atoms with Gasteiger partial charge in [0, 0.05) is 30.9 Å². The van der Waals surface area contributed by atoms with Gasteiger partial charge >= 0.3 is 0 Å². The van der Waals surface area contributed by atoms with Crippen molar-refractivity contribution in [1.29, 1.82) is 0 Å². The minimum Gasteiger partial charge on any atom is -0.357 e. The quantitative estimate of drug-likeness (QED) is 0.876. The summed E-state index contributed by atoms with van der Waals surface area (Å²) in [6.07, 6.45) is 7.45. The first-order valence-electron chi connectivity index (χ1n) is 8.96. The van der Waals surface area contributed by atoms with Crippen LogP contribution in [0.3, 0.4) is 0 Å². The summed E-state index contributed by atoms with van der Waals surface area (Å²) in [6, 6.07) is 11.5. The number of carbonyl (C=O) groups is 1. The Morgan fingerprint density at radius 2 is 1.92 bits per heavy atom. The summed E-state index contributed by atoms with van der Waals surface area (Å²) < 4.78 is 0. The van der Waals surface area contributed by atoms with Gasteiger partial charge in [-0.25, -0.2) is 4.98 Å². The van der Waals surface area contributed by atoms with E-state index in [-0.39, 0.29) is 5.91 Å². The maximum atomic E-state index is 12.3. The number of aromatic nitrogens is 1. The fourth-order valence-electron chi connectivity index (χ4n) is 3.12. The molecule has 0 atom stereocenters. The molecule has 0 saturated carbocycles. The van der Waals surface area contributed by atoms with E-state index in [1.165, 1.54) is 25.7 Å². The Hall–Kier alpha value is -2.07. The first kappa shape index (κ1) is 17.7. The number of anilines is 1. The van der Waals surface area contributed by atoms with E-state index in [2.05, 4.69) is 15.2 Å². The van der Waals surface area contributed by atoms with E-state index in [1.807, 2.05) is 36.4 Å². The van der Waals surface area contributed by atoms with Crippen molar-refractivity contribution in [2.75, 3.05) is 24.5 Å². The zero-order valence-corrected chi connectivity index (χ0v) is 15.1. The molecule has 1 aliphatic rings. The standard InChI is InChI=1S/C20H24ClN3O/c21-18-7-5-6-16(14-18)10-11-22-20(25)17-8-9-19(23-15-17)24-12-3-1-2-4-13-24/h5-9,14-15H,1-4,10-13H2,(H,22,25). The molecule has 1 aromatic carbocycles. The fourth-order valence-corrected chi connectivity index (χ4v) is 3.34. The molecule has 2 heterocycles. The average molecular weight is 358 g/mol. The lowest BCUT2D eigenvalue weighted by atomic mass is 10.1. The van der Waals surface area contributed by atoms with Crippen LogP contribution < -0.4 is 10.2 Å². The molecule has 1 aliphatic heterocycles. The molecule has 0 unspecified atom stereocenters. The van der Waals surface area contributed by atoms with Gasteiger partial charge in [0.25, 0.3) is 5.91 Å². The molecule has 0 aliphatic carbocycles. The highest BCUT2D eigenvalue weighted by atomic mass is 35.5. The number of hydrogen-bond acceptors (Lipinski definition) is 3. The number of amides is 1. The molecule has 5 heteroatoms. The summed E-state index contributed by atoms with van der Waals surface area (Å²) in [4.78, 5) is 19.1. The Kier molecular flexibility index (Phi) is 6.29. The van der Waals surface area contributed by atoms with E-state index in [9.17, 15) is 4.79 Å². The normalized spacial score (nSPS) is 14.8. The number of benzene rings is 1. The molecule has 0 spiro atoms. The minimum atomic E-state index is -0.0862. The summed E-state index contributed by atoms with van der Waals surface area (Å²) >= 11 is 5.97. The molecule has 3 rings (SSSR count). The molecular formula is C20H24ClN3O. The van der Waals surface area contributed by atoms with Crippen LogP contribution in [0.4, 0.5) is 5.82 Å². The lowest BCUT2D eigenvalue weighted by molar-refractivity contribution is 0.0954. The largest absolute Gasteiger partial charge is 0.357 e. The molecule has 25 heavy (non-hydrogen) atoms. The Morgan fingerprint density at radius 1 is 1.12 bits per heavy atom. The zero-order valence-electron chi connectivity index (χ0n) is 14.4. The minimum absolute atomic E-state index is 0.0862. The van der Waals surface area contributed by atoms with Gasteiger partial charge in [-0.1, -0.05) is 36.6 Å². The van der Waals surface area contributed by atoms with Crippen LogP contribution in [0.25, 0.3) is 0 Å². The number of nitrogens with zero attached hydrogens (tertiary/aromatic N) is 2. The summed E-state index contributed by atoms with van der Waals surface area (Å²) in [6.45, 7) is 2.68. The summed E-state index contributed by atoms with van der Waals surface area (Å²) in [7, 11) is 0. The third-order valence-corrected chi connectivity index (χ3v) is 4.76. The van der Waals surface area contributed by atoms with Crippen LogP contribution in [0.2, 0.25) is 5.02 Å². The molecule has 2 aromatic rings. The van der Waals surface area contributed by atoms with E-state index in [4.69, 9.17) is 11.6 Å². The van der Waals surface area contributed by atoms with Gasteiger partial charge in [-0.2, -0.15) is 0 Å². The van der Waals surface area contributed by atoms with Crippen LogP contribution in [0.5, 0.6) is 0 Å². The van der Waals surface area contributed by atoms with Crippen molar-refractivity contribution in [1.82, 2.24) is 10.3 Å². The third-order valence-electron chi connectivity index (χ3n) is 4.53. The Balaban J connectivity index is 1.51. The van der Waals surface area contributed by atoms with Gasteiger partial charge in [-0.05, 0) is 49.1 Å². The van der Waals surface area contributed by atoms with E-state index in [1.54, 1.807) is 6.20 Å². The predicted octanol–water partition coefficient (Wildman–Crippen LogP) is 4.09. The third kappa shape index (κ3) is 5.20. The van der Waals surface area contributed by atoms with Crippen molar-refractivity contribution in [3.63, 3.8) is 0 Å². The number of nitrogens with one attached hydrogen (secondary N) is 1. The highest BCUT2D eigenvalue weighted by molar-refractivity contribution is 6.30. The van der Waals surface area contributed by atoms with Crippen LogP contribution >= 0.6 is 11.6 Å². The maximum absolute atomic E-state index is 12.3. The Bertz CT molecular complexity index is 694. The second kappa shape index (κ2) is 8.86. The van der Waals surface area contributed by atoms with Gasteiger partial charge in [-0.3, -0.25) is 4.79 Å². The van der Waals surface area contributed by atoms with Gasteiger partial charge in [0.15, 0.2) is 0 Å². The second-order valence-electron chi connectivity index (χ2n) is 6.44. The van der Waals surface area contributed by atoms with E-state index in [0.29, 0.717) is 12.1 Å². The molecule has 0 radical (unpaired) electrons. The smallest absolute Gasteiger partial charge is 0.252 e. The van der Waals surface area contributed by atoms with Crippen molar-refractivity contribution < 1.29 is 4.79 Å². The first-order valence-corrected chi connectivity index (χ1v) is 9.34. The summed E-state index contributed by atoms with van der Waals surface area (Å²) in [5.41, 5.74) is 1.71. The van der Waals surface area contributed by atoms with Crippen molar-refractivity contribution in [2.24, 2.45) is 0 Å². The predicted molar refractivity (Wildman–Crippen MR) is 102 cm³/mol. The van der Waals surface area contributed by atoms with Gasteiger partial charge < -0.3 is 10.2 Å². The fraction of sp³-hybridized carbons (Fsp3) is 0.400. The maximum Gasteiger partial charge on any atom is 0.252 e. The van der Waals surface area contributed by atoms with Crippen LogP contribution in [-0.2, 0) is 6.42 Å². The summed E-state index contributed by atoms with van der Waals surface area (Å²) in [5, 5.41) is 3.66. The van der Waals surface area contributed by atoms with Crippen LogP contribution in [0, 0.1) is 0 Å². The first-order chi connectivity index (χ1) is 12.2. The molecule has 132 valence electrons. The number of pyridine rings is 1. The van der Waals surface area contributed by atoms with Gasteiger partial charge in [0.05, 0.1) is 5.56 Å². The molecule has 1 amide bonds. The molecule has 1 saturated heterocycles. The Morgan fingerprint density at radius 3 is 2.60 bits per heavy atom. The molecular weight excluding hydrogens is 334 g/mol. The van der Waals surface area contributed by atoms with E-state index in [0.717, 1.165) is 35.9 Å². The molecule has 1 aromatic heterocycles. The lowest BCUT2D eigenvalue weighted by Gasteiger charge is -2.21. The van der Waals surface area contributed by atoms with Crippen molar-refractivity contribution >= 4 is 23.3 Å². The number of halogens is 1. The Labute approximate surface area is 154 Å².